The number of nitrogens with zero attached hydrogens (tertiary/aromatic N) is 4. The van der Waals surface area contributed by atoms with Crippen molar-refractivity contribution in [3.8, 4) is 10.7 Å². The Morgan fingerprint density at radius 2 is 1.94 bits per heavy atom. The molecule has 4 rings (SSSR count). The highest BCUT2D eigenvalue weighted by atomic mass is 32.2. The first-order valence-corrected chi connectivity index (χ1v) is 12.3. The number of carbonyl (C=O) groups excluding carboxylic acids is 1. The van der Waals surface area contributed by atoms with Crippen LogP contribution in [0, 0.1) is 0 Å². The molecule has 0 atom stereocenters. The third kappa shape index (κ3) is 5.23. The molecule has 32 heavy (non-hydrogen) atoms. The molecule has 0 fully saturated rings. The van der Waals surface area contributed by atoms with Crippen molar-refractivity contribution in [3.63, 3.8) is 0 Å². The van der Waals surface area contributed by atoms with Gasteiger partial charge in [0, 0.05) is 24.5 Å². The second-order valence-electron chi connectivity index (χ2n) is 7.01. The fourth-order valence-electron chi connectivity index (χ4n) is 3.36. The molecule has 0 aliphatic rings. The molecule has 0 aliphatic carbocycles. The average Bonchev–Trinajstić information content (AvgIpc) is 3.57. The van der Waals surface area contributed by atoms with Gasteiger partial charge in [-0.2, -0.15) is 0 Å². The van der Waals surface area contributed by atoms with Crippen LogP contribution in [-0.2, 0) is 11.3 Å². The number of rotatable bonds is 10. The number of thiophene rings is 1. The van der Waals surface area contributed by atoms with Crippen LogP contribution in [0.25, 0.3) is 10.7 Å². The first-order valence-electron chi connectivity index (χ1n) is 10.4. The number of thioether (sulfide) groups is 1. The Morgan fingerprint density at radius 3 is 2.59 bits per heavy atom. The largest absolute Gasteiger partial charge is 0.467 e. The highest BCUT2D eigenvalue weighted by Crippen LogP contribution is 2.28. The van der Waals surface area contributed by atoms with Crippen molar-refractivity contribution in [3.05, 3.63) is 65.9 Å². The Labute approximate surface area is 195 Å². The number of amides is 1. The molecule has 3 aromatic heterocycles. The molecule has 166 valence electrons. The van der Waals surface area contributed by atoms with Gasteiger partial charge in [0.25, 0.3) is 0 Å². The van der Waals surface area contributed by atoms with E-state index in [1.54, 1.807) is 17.6 Å². The molecule has 0 saturated heterocycles. The van der Waals surface area contributed by atoms with E-state index < -0.39 is 0 Å². The van der Waals surface area contributed by atoms with Gasteiger partial charge in [0.05, 0.1) is 23.4 Å². The predicted octanol–water partition coefficient (Wildman–Crippen LogP) is 5.22. The molecule has 1 N–H and O–H groups in total. The van der Waals surface area contributed by atoms with Gasteiger partial charge in [0.15, 0.2) is 11.0 Å². The summed E-state index contributed by atoms with van der Waals surface area (Å²) in [5.41, 5.74) is 1.93. The smallest absolute Gasteiger partial charge is 0.234 e. The van der Waals surface area contributed by atoms with E-state index in [9.17, 15) is 4.79 Å². The molecule has 0 bridgehead atoms. The lowest BCUT2D eigenvalue weighted by molar-refractivity contribution is -0.113. The summed E-state index contributed by atoms with van der Waals surface area (Å²) in [6, 6.07) is 15.7. The summed E-state index contributed by atoms with van der Waals surface area (Å²) >= 11 is 2.96. The second kappa shape index (κ2) is 10.5. The van der Waals surface area contributed by atoms with Gasteiger partial charge in [-0.15, -0.1) is 21.5 Å². The van der Waals surface area contributed by atoms with Crippen molar-refractivity contribution in [1.82, 2.24) is 14.8 Å². The number of hydrogen-bond acceptors (Lipinski definition) is 7. The Morgan fingerprint density at radius 1 is 1.12 bits per heavy atom. The van der Waals surface area contributed by atoms with E-state index in [1.165, 1.54) is 11.8 Å². The third-order valence-electron chi connectivity index (χ3n) is 4.96. The van der Waals surface area contributed by atoms with Crippen LogP contribution in [0.4, 0.5) is 11.4 Å². The van der Waals surface area contributed by atoms with E-state index in [-0.39, 0.29) is 11.7 Å². The molecule has 0 radical (unpaired) electrons. The van der Waals surface area contributed by atoms with Crippen LogP contribution in [-0.4, -0.2) is 39.5 Å². The molecule has 3 heterocycles. The van der Waals surface area contributed by atoms with Gasteiger partial charge in [-0.25, -0.2) is 0 Å². The minimum absolute atomic E-state index is 0.0872. The van der Waals surface area contributed by atoms with Crippen LogP contribution >= 0.6 is 23.1 Å². The first-order chi connectivity index (χ1) is 15.7. The van der Waals surface area contributed by atoms with Crippen LogP contribution in [0.15, 0.2) is 69.7 Å². The van der Waals surface area contributed by atoms with E-state index in [0.29, 0.717) is 11.7 Å². The lowest BCUT2D eigenvalue weighted by Crippen LogP contribution is -2.21. The molecule has 0 spiro atoms. The summed E-state index contributed by atoms with van der Waals surface area (Å²) in [5, 5.41) is 14.4. The summed E-state index contributed by atoms with van der Waals surface area (Å²) in [4.78, 5) is 15.8. The van der Waals surface area contributed by atoms with Crippen molar-refractivity contribution < 1.29 is 9.21 Å². The maximum Gasteiger partial charge on any atom is 0.234 e. The van der Waals surface area contributed by atoms with E-state index in [0.717, 1.165) is 40.9 Å². The third-order valence-corrected chi connectivity index (χ3v) is 6.80. The maximum absolute atomic E-state index is 12.6. The Balaban J connectivity index is 1.42. The van der Waals surface area contributed by atoms with Gasteiger partial charge in [-0.1, -0.05) is 17.8 Å². The molecule has 1 aromatic carbocycles. The first kappa shape index (κ1) is 22.2. The summed E-state index contributed by atoms with van der Waals surface area (Å²) in [6.45, 7) is 6.66. The number of furan rings is 1. The Kier molecular flexibility index (Phi) is 7.28. The normalized spacial score (nSPS) is 10.9. The van der Waals surface area contributed by atoms with Crippen molar-refractivity contribution in [2.45, 2.75) is 25.5 Å². The molecular formula is C23H25N5O2S2. The molecule has 0 saturated carbocycles. The van der Waals surface area contributed by atoms with Gasteiger partial charge in [-0.3, -0.25) is 9.36 Å². The second-order valence-corrected chi connectivity index (χ2v) is 8.90. The van der Waals surface area contributed by atoms with Gasteiger partial charge < -0.3 is 14.6 Å². The topological polar surface area (TPSA) is 76.2 Å². The van der Waals surface area contributed by atoms with Crippen molar-refractivity contribution in [2.24, 2.45) is 0 Å². The Bertz CT molecular complexity index is 1120. The fourth-order valence-corrected chi connectivity index (χ4v) is 4.81. The standard InChI is InChI=1S/C23H25N5O2S2/c1-3-27(4-2)18-11-9-17(10-12-18)24-21(29)16-32-23-26-25-22(20-8-6-14-31-20)28(23)15-19-7-5-13-30-19/h5-14H,3-4,15-16H2,1-2H3,(H,24,29). The monoisotopic (exact) mass is 467 g/mol. The number of carbonyl (C=O) groups is 1. The molecule has 1 amide bonds. The SMILES string of the molecule is CCN(CC)c1ccc(NC(=O)CSc2nnc(-c3cccs3)n2Cc2ccco2)cc1. The number of nitrogens with one attached hydrogen (secondary N) is 1. The molecule has 4 aromatic rings. The number of aromatic nitrogens is 3. The highest BCUT2D eigenvalue weighted by Gasteiger charge is 2.17. The molecular weight excluding hydrogens is 442 g/mol. The predicted molar refractivity (Wildman–Crippen MR) is 131 cm³/mol. The summed E-state index contributed by atoms with van der Waals surface area (Å²) in [5.74, 6) is 1.72. The molecule has 0 aliphatic heterocycles. The van der Waals surface area contributed by atoms with Crippen LogP contribution < -0.4 is 10.2 Å². The van der Waals surface area contributed by atoms with E-state index >= 15 is 0 Å². The van der Waals surface area contributed by atoms with Crippen LogP contribution in [0.3, 0.4) is 0 Å². The zero-order chi connectivity index (χ0) is 22.3. The van der Waals surface area contributed by atoms with Gasteiger partial charge in [0.2, 0.25) is 5.91 Å². The zero-order valence-corrected chi connectivity index (χ0v) is 19.7. The van der Waals surface area contributed by atoms with Crippen LogP contribution in [0.2, 0.25) is 0 Å². The van der Waals surface area contributed by atoms with Crippen molar-refractivity contribution in [2.75, 3.05) is 29.1 Å². The minimum Gasteiger partial charge on any atom is -0.467 e. The molecule has 0 unspecified atom stereocenters. The van der Waals surface area contributed by atoms with Crippen molar-refractivity contribution >= 4 is 40.4 Å². The maximum atomic E-state index is 12.6. The summed E-state index contributed by atoms with van der Waals surface area (Å²) < 4.78 is 7.50. The minimum atomic E-state index is -0.0872. The van der Waals surface area contributed by atoms with Crippen molar-refractivity contribution in [1.29, 1.82) is 0 Å². The lowest BCUT2D eigenvalue weighted by atomic mass is 10.2. The number of anilines is 2. The average molecular weight is 468 g/mol. The highest BCUT2D eigenvalue weighted by molar-refractivity contribution is 7.99. The number of benzene rings is 1. The fraction of sp³-hybridized carbons (Fsp3) is 0.261. The van der Waals surface area contributed by atoms with E-state index in [2.05, 4.69) is 34.3 Å². The lowest BCUT2D eigenvalue weighted by Gasteiger charge is -2.21. The van der Waals surface area contributed by atoms with Gasteiger partial charge in [0.1, 0.15) is 5.76 Å². The van der Waals surface area contributed by atoms with E-state index in [1.807, 2.05) is 58.5 Å². The summed E-state index contributed by atoms with van der Waals surface area (Å²) in [7, 11) is 0. The quantitative estimate of drug-likeness (QED) is 0.322. The summed E-state index contributed by atoms with van der Waals surface area (Å²) in [6.07, 6.45) is 1.65. The van der Waals surface area contributed by atoms with Gasteiger partial charge in [-0.05, 0) is 61.7 Å². The van der Waals surface area contributed by atoms with Crippen LogP contribution in [0.1, 0.15) is 19.6 Å². The Hall–Kier alpha value is -3.04. The zero-order valence-electron chi connectivity index (χ0n) is 18.0. The molecule has 7 nitrogen and oxygen atoms in total. The van der Waals surface area contributed by atoms with E-state index in [4.69, 9.17) is 4.42 Å². The van der Waals surface area contributed by atoms with Crippen LogP contribution in [0.5, 0.6) is 0 Å². The molecule has 9 heteroatoms. The van der Waals surface area contributed by atoms with Gasteiger partial charge >= 0.3 is 0 Å². The number of hydrogen-bond donors (Lipinski definition) is 1.